The molecule has 0 aliphatic rings. The number of hydrogen-bond donors (Lipinski definition) is 0. The number of thiazole rings is 1. The Morgan fingerprint density at radius 2 is 2.33 bits per heavy atom. The van der Waals surface area contributed by atoms with Crippen molar-refractivity contribution >= 4 is 43.2 Å². The highest BCUT2D eigenvalue weighted by atomic mass is 79.9. The maximum Gasteiger partial charge on any atom is 0.160 e. The summed E-state index contributed by atoms with van der Waals surface area (Å²) in [5.41, 5.74) is 1.01. The number of ether oxygens (including phenoxy) is 1. The van der Waals surface area contributed by atoms with Gasteiger partial charge in [0.05, 0.1) is 11.8 Å². The van der Waals surface area contributed by atoms with Crippen LogP contribution in [0.1, 0.15) is 5.56 Å². The van der Waals surface area contributed by atoms with Crippen LogP contribution in [0, 0.1) is 5.82 Å². The Balaban J connectivity index is 2.66. The molecular formula is C10H7BrFNOS. The predicted octanol–water partition coefficient (Wildman–Crippen LogP) is 3.82. The van der Waals surface area contributed by atoms with E-state index in [2.05, 4.69) is 27.5 Å². The van der Waals surface area contributed by atoms with Crippen molar-refractivity contribution in [3.8, 4) is 0 Å². The van der Waals surface area contributed by atoms with E-state index < -0.39 is 0 Å². The normalized spacial score (nSPS) is 10.6. The highest BCUT2D eigenvalue weighted by molar-refractivity contribution is 9.11. The van der Waals surface area contributed by atoms with E-state index in [9.17, 15) is 4.39 Å². The lowest BCUT2D eigenvalue weighted by molar-refractivity contribution is 0.371. The van der Waals surface area contributed by atoms with Gasteiger partial charge in [-0.3, -0.25) is 0 Å². The third-order valence-electron chi connectivity index (χ3n) is 1.99. The Labute approximate surface area is 98.5 Å². The van der Waals surface area contributed by atoms with E-state index in [1.54, 1.807) is 0 Å². The topological polar surface area (TPSA) is 22.1 Å². The number of nitrogens with zero attached hydrogens (tertiary/aromatic N) is 1. The van der Waals surface area contributed by atoms with Gasteiger partial charge in [-0.2, -0.15) is 0 Å². The summed E-state index contributed by atoms with van der Waals surface area (Å²) in [4.78, 5) is 4.03. The van der Waals surface area contributed by atoms with Crippen LogP contribution in [0.4, 0.5) is 4.39 Å². The van der Waals surface area contributed by atoms with Crippen LogP contribution in [-0.4, -0.2) is 12.1 Å². The number of benzene rings is 1. The first-order chi connectivity index (χ1) is 7.11. The summed E-state index contributed by atoms with van der Waals surface area (Å²) in [5, 5.41) is 0. The number of hydrogen-bond acceptors (Lipinski definition) is 3. The average molecular weight is 288 g/mol. The molecule has 0 amide bonds. The molecule has 5 heteroatoms. The van der Waals surface area contributed by atoms with Crippen molar-refractivity contribution in [2.24, 2.45) is 0 Å². The van der Waals surface area contributed by atoms with Crippen molar-refractivity contribution < 1.29 is 9.13 Å². The molecule has 78 valence electrons. The second kappa shape index (κ2) is 3.90. The lowest BCUT2D eigenvalue weighted by Gasteiger charge is -2.03. The molecule has 1 aromatic carbocycles. The molecule has 0 saturated carbocycles. The van der Waals surface area contributed by atoms with E-state index in [0.717, 1.165) is 4.70 Å². The summed E-state index contributed by atoms with van der Waals surface area (Å²) < 4.78 is 20.0. The minimum absolute atomic E-state index is 0.359. The lowest BCUT2D eigenvalue weighted by atomic mass is 10.2. The fourth-order valence-electron chi connectivity index (χ4n) is 1.24. The van der Waals surface area contributed by atoms with Crippen molar-refractivity contribution in [2.45, 2.75) is 0 Å². The molecule has 0 saturated heterocycles. The first-order valence-electron chi connectivity index (χ1n) is 4.10. The molecule has 2 nitrogen and oxygen atoms in total. The van der Waals surface area contributed by atoms with Gasteiger partial charge in [0.15, 0.2) is 9.73 Å². The summed E-state index contributed by atoms with van der Waals surface area (Å²) >= 11 is 4.60. The van der Waals surface area contributed by atoms with Gasteiger partial charge < -0.3 is 4.74 Å². The van der Waals surface area contributed by atoms with Crippen molar-refractivity contribution in [3.05, 3.63) is 34.0 Å². The van der Waals surface area contributed by atoms with Crippen LogP contribution in [0.15, 0.2) is 22.6 Å². The fraction of sp³-hybridized carbons (Fsp3) is 0.100. The van der Waals surface area contributed by atoms with Gasteiger partial charge in [0.25, 0.3) is 0 Å². The van der Waals surface area contributed by atoms with Gasteiger partial charge in [0.1, 0.15) is 11.3 Å². The first-order valence-corrected chi connectivity index (χ1v) is 5.71. The Bertz CT molecular complexity index is 537. The second-order valence-electron chi connectivity index (χ2n) is 2.90. The molecule has 0 bridgehead atoms. The maximum atomic E-state index is 13.6. The lowest BCUT2D eigenvalue weighted by Crippen LogP contribution is -1.87. The molecule has 1 heterocycles. The van der Waals surface area contributed by atoms with Crippen LogP contribution in [-0.2, 0) is 4.74 Å². The Kier molecular flexibility index (Phi) is 2.75. The number of aromatic nitrogens is 1. The van der Waals surface area contributed by atoms with Crippen LogP contribution in [0.25, 0.3) is 16.0 Å². The average Bonchev–Trinajstić information content (AvgIpc) is 2.58. The number of methoxy groups -OCH3 is 1. The molecule has 0 fully saturated rings. The molecule has 0 spiro atoms. The van der Waals surface area contributed by atoms with Crippen LogP contribution in [0.5, 0.6) is 0 Å². The molecule has 2 rings (SSSR count). The highest BCUT2D eigenvalue weighted by Crippen LogP contribution is 2.30. The highest BCUT2D eigenvalue weighted by Gasteiger charge is 2.10. The third kappa shape index (κ3) is 1.89. The van der Waals surface area contributed by atoms with E-state index in [1.807, 2.05) is 6.07 Å². The van der Waals surface area contributed by atoms with Crippen LogP contribution in [0.2, 0.25) is 0 Å². The van der Waals surface area contributed by atoms with Crippen LogP contribution >= 0.6 is 27.3 Å². The SMILES string of the molecule is C=C(OC)c1cc(F)c2nc(Br)sc2c1. The van der Waals surface area contributed by atoms with Crippen molar-refractivity contribution in [1.29, 1.82) is 0 Å². The number of halogens is 2. The number of rotatable bonds is 2. The summed E-state index contributed by atoms with van der Waals surface area (Å²) in [5.74, 6) is 0.0861. The van der Waals surface area contributed by atoms with Crippen molar-refractivity contribution in [3.63, 3.8) is 0 Å². The van der Waals surface area contributed by atoms with Gasteiger partial charge in [-0.25, -0.2) is 9.37 Å². The van der Waals surface area contributed by atoms with Crippen LogP contribution < -0.4 is 0 Å². The molecule has 0 unspecified atom stereocenters. The Hall–Kier alpha value is -0.940. The summed E-state index contributed by atoms with van der Waals surface area (Å²) in [6.45, 7) is 3.68. The second-order valence-corrected chi connectivity index (χ2v) is 5.21. The molecule has 0 N–H and O–H groups in total. The summed E-state index contributed by atoms with van der Waals surface area (Å²) in [6.07, 6.45) is 0. The third-order valence-corrected chi connectivity index (χ3v) is 3.44. The minimum Gasteiger partial charge on any atom is -0.497 e. The van der Waals surface area contributed by atoms with E-state index in [-0.39, 0.29) is 5.82 Å². The first kappa shape index (κ1) is 10.6. The van der Waals surface area contributed by atoms with Gasteiger partial charge in [-0.1, -0.05) is 6.58 Å². The van der Waals surface area contributed by atoms with E-state index in [0.29, 0.717) is 20.8 Å². The predicted molar refractivity (Wildman–Crippen MR) is 63.3 cm³/mol. The zero-order valence-corrected chi connectivity index (χ0v) is 10.3. The van der Waals surface area contributed by atoms with Gasteiger partial charge in [0.2, 0.25) is 0 Å². The van der Waals surface area contributed by atoms with Gasteiger partial charge in [-0.15, -0.1) is 11.3 Å². The molecule has 0 atom stereocenters. The molecular weight excluding hydrogens is 281 g/mol. The molecule has 15 heavy (non-hydrogen) atoms. The standard InChI is InChI=1S/C10H7BrFNOS/c1-5(14-2)6-3-7(12)9-8(4-6)15-10(11)13-9/h3-4H,1H2,2H3. The molecule has 2 aromatic rings. The Morgan fingerprint density at radius 3 is 3.00 bits per heavy atom. The van der Waals surface area contributed by atoms with Crippen molar-refractivity contribution in [2.75, 3.05) is 7.11 Å². The quantitative estimate of drug-likeness (QED) is 0.784. The Morgan fingerprint density at radius 1 is 1.60 bits per heavy atom. The monoisotopic (exact) mass is 287 g/mol. The molecule has 0 aliphatic carbocycles. The summed E-state index contributed by atoms with van der Waals surface area (Å²) in [7, 11) is 1.51. The molecule has 0 radical (unpaired) electrons. The smallest absolute Gasteiger partial charge is 0.160 e. The van der Waals surface area contributed by atoms with Crippen molar-refractivity contribution in [1.82, 2.24) is 4.98 Å². The molecule has 1 aromatic heterocycles. The van der Waals surface area contributed by atoms with Crippen LogP contribution in [0.3, 0.4) is 0 Å². The van der Waals surface area contributed by atoms with Gasteiger partial charge >= 0.3 is 0 Å². The maximum absolute atomic E-state index is 13.6. The molecule has 0 aliphatic heterocycles. The van der Waals surface area contributed by atoms with Gasteiger partial charge in [0, 0.05) is 5.56 Å². The van der Waals surface area contributed by atoms with Gasteiger partial charge in [-0.05, 0) is 28.1 Å². The van der Waals surface area contributed by atoms with E-state index in [4.69, 9.17) is 4.74 Å². The fourth-order valence-corrected chi connectivity index (χ4v) is 2.69. The van der Waals surface area contributed by atoms with E-state index in [1.165, 1.54) is 24.5 Å². The number of fused-ring (bicyclic) bond motifs is 1. The largest absolute Gasteiger partial charge is 0.497 e. The van der Waals surface area contributed by atoms with E-state index >= 15 is 0 Å². The zero-order chi connectivity index (χ0) is 11.0. The minimum atomic E-state index is -0.359. The summed E-state index contributed by atoms with van der Waals surface area (Å²) in [6, 6.07) is 3.19. The zero-order valence-electron chi connectivity index (χ0n) is 7.88.